The Morgan fingerprint density at radius 2 is 2.18 bits per heavy atom. The quantitative estimate of drug-likeness (QED) is 0.614. The molecule has 0 N–H and O–H groups in total. The molecule has 1 aromatic carbocycles. The maximum Gasteiger partial charge on any atom is 0.306 e. The summed E-state index contributed by atoms with van der Waals surface area (Å²) in [5.74, 6) is -0.227. The molecule has 0 aromatic heterocycles. The minimum absolute atomic E-state index is 0.227. The smallest absolute Gasteiger partial charge is 0.306 e. The van der Waals surface area contributed by atoms with Gasteiger partial charge in [0.2, 0.25) is 0 Å². The molecule has 0 fully saturated rings. The lowest BCUT2D eigenvalue weighted by molar-refractivity contribution is -0.140. The van der Waals surface area contributed by atoms with Crippen molar-refractivity contribution < 1.29 is 9.53 Å². The summed E-state index contributed by atoms with van der Waals surface area (Å²) in [7, 11) is 3.26. The van der Waals surface area contributed by atoms with E-state index < -0.39 is 0 Å². The molecule has 0 aliphatic heterocycles. The van der Waals surface area contributed by atoms with Crippen LogP contribution in [0.25, 0.3) is 0 Å². The summed E-state index contributed by atoms with van der Waals surface area (Å²) in [6.07, 6.45) is 0.345. The molecule has 0 unspecified atom stereocenters. The van der Waals surface area contributed by atoms with E-state index in [-0.39, 0.29) is 5.97 Å². The number of ether oxygens (including phenoxy) is 1. The number of esters is 1. The molecule has 1 rings (SSSR count). The molecule has 0 spiro atoms. The van der Waals surface area contributed by atoms with Crippen LogP contribution in [0.1, 0.15) is 6.42 Å². The molecule has 0 saturated carbocycles. The minimum Gasteiger partial charge on any atom is -0.469 e. The van der Waals surface area contributed by atoms with Gasteiger partial charge in [-0.15, -0.1) is 0 Å². The third-order valence-corrected chi connectivity index (χ3v) is 3.99. The third kappa shape index (κ3) is 4.76. The molecule has 0 saturated heterocycles. The molecule has 0 radical (unpaired) electrons. The zero-order chi connectivity index (χ0) is 12.8. The lowest BCUT2D eigenvalue weighted by atomic mass is 10.4. The van der Waals surface area contributed by atoms with Gasteiger partial charge in [-0.05, 0) is 31.1 Å². The van der Waals surface area contributed by atoms with E-state index in [0.29, 0.717) is 23.0 Å². The third-order valence-electron chi connectivity index (χ3n) is 2.03. The van der Waals surface area contributed by atoms with Crippen LogP contribution in [-0.2, 0) is 9.53 Å². The summed E-state index contributed by atoms with van der Waals surface area (Å²) >= 11 is 13.4. The fourth-order valence-electron chi connectivity index (χ4n) is 1.12. The van der Waals surface area contributed by atoms with Crippen molar-refractivity contribution >= 4 is 41.1 Å². The average Bonchev–Trinajstić information content (AvgIpc) is 2.32. The van der Waals surface area contributed by atoms with E-state index in [1.807, 2.05) is 23.5 Å². The van der Waals surface area contributed by atoms with Gasteiger partial charge in [0.1, 0.15) is 0 Å². The standard InChI is InChI=1S/C11H13Cl2NO2S/c1-14(7-6-10(15)16-2)17-9-5-3-4-8(12)11(9)13/h3-5H,6-7H2,1-2H3. The van der Waals surface area contributed by atoms with Crippen LogP contribution in [-0.4, -0.2) is 31.0 Å². The molecule has 0 atom stereocenters. The Balaban J connectivity index is 2.53. The minimum atomic E-state index is -0.227. The van der Waals surface area contributed by atoms with Gasteiger partial charge in [0.05, 0.1) is 23.6 Å². The fourth-order valence-corrected chi connectivity index (χ4v) is 2.43. The molecule has 6 heteroatoms. The molecule has 17 heavy (non-hydrogen) atoms. The number of carbonyl (C=O) groups excluding carboxylic acids is 1. The fraction of sp³-hybridized carbons (Fsp3) is 0.364. The number of carbonyl (C=O) groups is 1. The Morgan fingerprint density at radius 3 is 2.82 bits per heavy atom. The van der Waals surface area contributed by atoms with Crippen molar-refractivity contribution in [2.45, 2.75) is 11.3 Å². The summed E-state index contributed by atoms with van der Waals surface area (Å²) in [5, 5.41) is 1.06. The monoisotopic (exact) mass is 293 g/mol. The molecule has 0 aliphatic rings. The van der Waals surface area contributed by atoms with Gasteiger partial charge in [0.25, 0.3) is 0 Å². The van der Waals surface area contributed by atoms with Crippen molar-refractivity contribution in [3.63, 3.8) is 0 Å². The van der Waals surface area contributed by atoms with Gasteiger partial charge in [0.15, 0.2) is 0 Å². The van der Waals surface area contributed by atoms with Crippen LogP contribution in [0.15, 0.2) is 23.1 Å². The average molecular weight is 294 g/mol. The second-order valence-corrected chi connectivity index (χ2v) is 5.35. The topological polar surface area (TPSA) is 29.5 Å². The van der Waals surface area contributed by atoms with Gasteiger partial charge in [-0.3, -0.25) is 4.79 Å². The first kappa shape index (κ1) is 14.6. The molecule has 94 valence electrons. The number of rotatable bonds is 5. The Kier molecular flexibility index (Phi) is 6.12. The summed E-state index contributed by atoms with van der Waals surface area (Å²) in [5.41, 5.74) is 0. The first-order valence-electron chi connectivity index (χ1n) is 4.94. The number of nitrogens with zero attached hydrogens (tertiary/aromatic N) is 1. The highest BCUT2D eigenvalue weighted by atomic mass is 35.5. The zero-order valence-electron chi connectivity index (χ0n) is 9.57. The summed E-state index contributed by atoms with van der Waals surface area (Å²) in [6.45, 7) is 0.584. The molecular weight excluding hydrogens is 281 g/mol. The molecule has 0 aliphatic carbocycles. The number of hydrogen-bond acceptors (Lipinski definition) is 4. The Hall–Kier alpha value is -0.420. The maximum absolute atomic E-state index is 11.0. The Labute approximate surface area is 115 Å². The number of hydrogen-bond donors (Lipinski definition) is 0. The van der Waals surface area contributed by atoms with E-state index in [4.69, 9.17) is 23.2 Å². The Bertz CT molecular complexity index is 401. The van der Waals surface area contributed by atoms with E-state index in [1.165, 1.54) is 19.1 Å². The van der Waals surface area contributed by atoms with Gasteiger partial charge >= 0.3 is 5.97 Å². The lowest BCUT2D eigenvalue weighted by Crippen LogP contribution is -2.15. The molecule has 0 bridgehead atoms. The van der Waals surface area contributed by atoms with Gasteiger partial charge in [-0.2, -0.15) is 0 Å². The molecule has 3 nitrogen and oxygen atoms in total. The van der Waals surface area contributed by atoms with Crippen LogP contribution in [0, 0.1) is 0 Å². The highest BCUT2D eigenvalue weighted by Crippen LogP contribution is 2.33. The first-order chi connectivity index (χ1) is 8.04. The second-order valence-electron chi connectivity index (χ2n) is 3.32. The highest BCUT2D eigenvalue weighted by Gasteiger charge is 2.09. The SMILES string of the molecule is COC(=O)CCN(C)Sc1cccc(Cl)c1Cl. The normalized spacial score (nSPS) is 10.6. The van der Waals surface area contributed by atoms with Crippen LogP contribution >= 0.6 is 35.1 Å². The summed E-state index contributed by atoms with van der Waals surface area (Å²) in [4.78, 5) is 11.9. The largest absolute Gasteiger partial charge is 0.469 e. The van der Waals surface area contributed by atoms with E-state index >= 15 is 0 Å². The van der Waals surface area contributed by atoms with Gasteiger partial charge in [-0.1, -0.05) is 29.3 Å². The van der Waals surface area contributed by atoms with Crippen molar-refractivity contribution in [2.75, 3.05) is 20.7 Å². The highest BCUT2D eigenvalue weighted by molar-refractivity contribution is 7.97. The van der Waals surface area contributed by atoms with E-state index in [1.54, 1.807) is 6.07 Å². The number of benzene rings is 1. The Morgan fingerprint density at radius 1 is 1.47 bits per heavy atom. The number of methoxy groups -OCH3 is 1. The zero-order valence-corrected chi connectivity index (χ0v) is 11.9. The van der Waals surface area contributed by atoms with E-state index in [9.17, 15) is 4.79 Å². The van der Waals surface area contributed by atoms with Crippen molar-refractivity contribution in [3.8, 4) is 0 Å². The van der Waals surface area contributed by atoms with Crippen LogP contribution in [0.3, 0.4) is 0 Å². The van der Waals surface area contributed by atoms with Crippen molar-refractivity contribution in [1.82, 2.24) is 4.31 Å². The van der Waals surface area contributed by atoms with Gasteiger partial charge in [-0.25, -0.2) is 4.31 Å². The molecular formula is C11H13Cl2NO2S. The van der Waals surface area contributed by atoms with Crippen LogP contribution in [0.4, 0.5) is 0 Å². The lowest BCUT2D eigenvalue weighted by Gasteiger charge is -2.15. The predicted octanol–water partition coefficient (Wildman–Crippen LogP) is 3.50. The molecule has 0 amide bonds. The molecule has 1 aromatic rings. The van der Waals surface area contributed by atoms with Crippen molar-refractivity contribution in [1.29, 1.82) is 0 Å². The summed E-state index contributed by atoms with van der Waals surface area (Å²) < 4.78 is 6.48. The van der Waals surface area contributed by atoms with Gasteiger partial charge in [0, 0.05) is 11.4 Å². The van der Waals surface area contributed by atoms with Crippen molar-refractivity contribution in [3.05, 3.63) is 28.2 Å². The van der Waals surface area contributed by atoms with Crippen LogP contribution in [0.2, 0.25) is 10.0 Å². The second kappa shape index (κ2) is 7.11. The number of halogens is 2. The van der Waals surface area contributed by atoms with Crippen LogP contribution in [0.5, 0.6) is 0 Å². The summed E-state index contributed by atoms with van der Waals surface area (Å²) in [6, 6.07) is 5.46. The maximum atomic E-state index is 11.0. The van der Waals surface area contributed by atoms with Crippen molar-refractivity contribution in [2.24, 2.45) is 0 Å². The van der Waals surface area contributed by atoms with Crippen LogP contribution < -0.4 is 0 Å². The first-order valence-corrected chi connectivity index (χ1v) is 6.47. The van der Waals surface area contributed by atoms with E-state index in [2.05, 4.69) is 4.74 Å². The van der Waals surface area contributed by atoms with Gasteiger partial charge < -0.3 is 4.74 Å². The van der Waals surface area contributed by atoms with E-state index in [0.717, 1.165) is 4.90 Å². The molecule has 0 heterocycles. The predicted molar refractivity (Wildman–Crippen MR) is 71.6 cm³/mol.